The lowest BCUT2D eigenvalue weighted by Crippen LogP contribution is -2.36. The summed E-state index contributed by atoms with van der Waals surface area (Å²) in [6.07, 6.45) is -1.74. The SMILES string of the molecule is COC(=O)C(OC(=O)c1ccc(N(C)C)cc1)C(=O)OC. The maximum atomic E-state index is 11.9. The van der Waals surface area contributed by atoms with Gasteiger partial charge in [-0.1, -0.05) is 0 Å². The predicted octanol–water partition coefficient (Wildman–Crippen LogP) is 0.624. The number of carbonyl (C=O) groups excluding carboxylic acids is 3. The normalized spacial score (nSPS) is 9.95. The molecule has 0 N–H and O–H groups in total. The third-order valence-electron chi connectivity index (χ3n) is 2.67. The van der Waals surface area contributed by atoms with Gasteiger partial charge < -0.3 is 19.1 Å². The fourth-order valence-electron chi connectivity index (χ4n) is 1.48. The number of carbonyl (C=O) groups is 3. The number of rotatable bonds is 5. The third kappa shape index (κ3) is 4.20. The second kappa shape index (κ2) is 7.28. The summed E-state index contributed by atoms with van der Waals surface area (Å²) in [6.45, 7) is 0. The molecule has 0 atom stereocenters. The van der Waals surface area contributed by atoms with Gasteiger partial charge >= 0.3 is 17.9 Å². The lowest BCUT2D eigenvalue weighted by atomic mass is 10.2. The standard InChI is InChI=1S/C14H17NO6/c1-15(2)10-7-5-9(6-8-10)12(16)21-11(13(17)19-3)14(18)20-4/h5-8,11H,1-4H3. The fourth-order valence-corrected chi connectivity index (χ4v) is 1.48. The summed E-state index contributed by atoms with van der Waals surface area (Å²) in [7, 11) is 5.88. The maximum absolute atomic E-state index is 11.9. The minimum Gasteiger partial charge on any atom is -0.466 e. The fraction of sp³-hybridized carbons (Fsp3) is 0.357. The highest BCUT2D eigenvalue weighted by Gasteiger charge is 2.33. The first-order valence-electron chi connectivity index (χ1n) is 6.04. The van der Waals surface area contributed by atoms with E-state index in [1.807, 2.05) is 19.0 Å². The van der Waals surface area contributed by atoms with Crippen molar-refractivity contribution >= 4 is 23.6 Å². The maximum Gasteiger partial charge on any atom is 0.359 e. The lowest BCUT2D eigenvalue weighted by Gasteiger charge is -2.15. The monoisotopic (exact) mass is 295 g/mol. The highest BCUT2D eigenvalue weighted by atomic mass is 16.6. The van der Waals surface area contributed by atoms with E-state index in [4.69, 9.17) is 4.74 Å². The average Bonchev–Trinajstić information content (AvgIpc) is 2.50. The zero-order valence-corrected chi connectivity index (χ0v) is 12.3. The quantitative estimate of drug-likeness (QED) is 0.447. The molecule has 0 bridgehead atoms. The second-order valence-electron chi connectivity index (χ2n) is 4.27. The van der Waals surface area contributed by atoms with Crippen molar-refractivity contribution < 1.29 is 28.6 Å². The van der Waals surface area contributed by atoms with Crippen molar-refractivity contribution in [3.8, 4) is 0 Å². The van der Waals surface area contributed by atoms with Crippen LogP contribution < -0.4 is 4.90 Å². The molecule has 1 aromatic rings. The molecule has 0 spiro atoms. The van der Waals surface area contributed by atoms with E-state index in [9.17, 15) is 14.4 Å². The number of esters is 3. The van der Waals surface area contributed by atoms with Crippen molar-refractivity contribution in [2.24, 2.45) is 0 Å². The summed E-state index contributed by atoms with van der Waals surface area (Å²) in [4.78, 5) is 36.6. The Bertz CT molecular complexity index is 507. The zero-order valence-electron chi connectivity index (χ0n) is 12.3. The number of nitrogens with zero attached hydrogens (tertiary/aromatic N) is 1. The van der Waals surface area contributed by atoms with E-state index < -0.39 is 24.0 Å². The van der Waals surface area contributed by atoms with Crippen molar-refractivity contribution in [1.29, 1.82) is 0 Å². The van der Waals surface area contributed by atoms with Crippen LogP contribution in [0.4, 0.5) is 5.69 Å². The first kappa shape index (κ1) is 16.5. The second-order valence-corrected chi connectivity index (χ2v) is 4.27. The van der Waals surface area contributed by atoms with E-state index in [0.29, 0.717) is 0 Å². The molecule has 0 unspecified atom stereocenters. The molecule has 0 fully saturated rings. The van der Waals surface area contributed by atoms with Crippen LogP contribution in [0.25, 0.3) is 0 Å². The van der Waals surface area contributed by atoms with Crippen LogP contribution in [-0.4, -0.2) is 52.3 Å². The van der Waals surface area contributed by atoms with Gasteiger partial charge in [0, 0.05) is 19.8 Å². The van der Waals surface area contributed by atoms with Crippen molar-refractivity contribution in [1.82, 2.24) is 0 Å². The van der Waals surface area contributed by atoms with E-state index >= 15 is 0 Å². The van der Waals surface area contributed by atoms with Gasteiger partial charge in [0.05, 0.1) is 19.8 Å². The van der Waals surface area contributed by atoms with Crippen LogP contribution in [0.2, 0.25) is 0 Å². The molecule has 1 rings (SSSR count). The van der Waals surface area contributed by atoms with Gasteiger partial charge in [-0.25, -0.2) is 14.4 Å². The highest BCUT2D eigenvalue weighted by molar-refractivity contribution is 6.01. The van der Waals surface area contributed by atoms with E-state index in [1.54, 1.807) is 12.1 Å². The van der Waals surface area contributed by atoms with Crippen LogP contribution >= 0.6 is 0 Å². The van der Waals surface area contributed by atoms with Crippen molar-refractivity contribution in [3.63, 3.8) is 0 Å². The van der Waals surface area contributed by atoms with E-state index in [1.165, 1.54) is 12.1 Å². The van der Waals surface area contributed by atoms with Gasteiger partial charge in [-0.3, -0.25) is 0 Å². The molecular formula is C14H17NO6. The third-order valence-corrected chi connectivity index (χ3v) is 2.67. The summed E-state index contributed by atoms with van der Waals surface area (Å²) in [5, 5.41) is 0. The summed E-state index contributed by atoms with van der Waals surface area (Å²) < 4.78 is 13.6. The molecule has 0 aliphatic carbocycles. The lowest BCUT2D eigenvalue weighted by molar-refractivity contribution is -0.165. The molecule has 0 aliphatic rings. The van der Waals surface area contributed by atoms with Gasteiger partial charge in [0.15, 0.2) is 0 Å². The molecule has 0 heterocycles. The Labute approximate surface area is 122 Å². The Balaban J connectivity index is 2.86. The van der Waals surface area contributed by atoms with Gasteiger partial charge in [0.2, 0.25) is 0 Å². The molecule has 114 valence electrons. The van der Waals surface area contributed by atoms with Crippen molar-refractivity contribution in [2.45, 2.75) is 6.10 Å². The van der Waals surface area contributed by atoms with Gasteiger partial charge in [-0.15, -0.1) is 0 Å². The van der Waals surface area contributed by atoms with Gasteiger partial charge in [-0.2, -0.15) is 0 Å². The average molecular weight is 295 g/mol. The summed E-state index contributed by atoms with van der Waals surface area (Å²) in [6, 6.07) is 6.48. The molecule has 0 aromatic heterocycles. The topological polar surface area (TPSA) is 82.1 Å². The van der Waals surface area contributed by atoms with E-state index in [0.717, 1.165) is 19.9 Å². The van der Waals surface area contributed by atoms with Crippen LogP contribution in [0.15, 0.2) is 24.3 Å². The van der Waals surface area contributed by atoms with Crippen LogP contribution in [-0.2, 0) is 23.8 Å². The largest absolute Gasteiger partial charge is 0.466 e. The highest BCUT2D eigenvalue weighted by Crippen LogP contribution is 2.14. The summed E-state index contributed by atoms with van der Waals surface area (Å²) in [5.41, 5.74) is 1.10. The van der Waals surface area contributed by atoms with E-state index in [-0.39, 0.29) is 5.56 Å². The van der Waals surface area contributed by atoms with Crippen LogP contribution in [0.5, 0.6) is 0 Å². The Morgan fingerprint density at radius 1 is 0.952 bits per heavy atom. The number of hydrogen-bond donors (Lipinski definition) is 0. The van der Waals surface area contributed by atoms with Crippen LogP contribution in [0.3, 0.4) is 0 Å². The van der Waals surface area contributed by atoms with Crippen molar-refractivity contribution in [3.05, 3.63) is 29.8 Å². The van der Waals surface area contributed by atoms with Crippen LogP contribution in [0.1, 0.15) is 10.4 Å². The van der Waals surface area contributed by atoms with Gasteiger partial charge in [-0.05, 0) is 24.3 Å². The molecular weight excluding hydrogens is 278 g/mol. The van der Waals surface area contributed by atoms with Gasteiger partial charge in [0.1, 0.15) is 0 Å². The molecule has 0 aliphatic heterocycles. The molecule has 0 amide bonds. The molecule has 7 heteroatoms. The molecule has 7 nitrogen and oxygen atoms in total. The smallest absolute Gasteiger partial charge is 0.359 e. The summed E-state index contributed by atoms with van der Waals surface area (Å²) >= 11 is 0. The number of hydrogen-bond acceptors (Lipinski definition) is 7. The number of ether oxygens (including phenoxy) is 3. The first-order valence-corrected chi connectivity index (χ1v) is 6.04. The minimum absolute atomic E-state index is 0.207. The zero-order chi connectivity index (χ0) is 16.0. The molecule has 0 radical (unpaired) electrons. The first-order chi connectivity index (χ1) is 9.90. The minimum atomic E-state index is -1.74. The predicted molar refractivity (Wildman–Crippen MR) is 74.0 cm³/mol. The Kier molecular flexibility index (Phi) is 5.71. The van der Waals surface area contributed by atoms with Crippen LogP contribution in [0, 0.1) is 0 Å². The number of anilines is 1. The number of benzene rings is 1. The molecule has 0 saturated carbocycles. The Morgan fingerprint density at radius 3 is 1.81 bits per heavy atom. The molecule has 21 heavy (non-hydrogen) atoms. The molecule has 0 saturated heterocycles. The van der Waals surface area contributed by atoms with E-state index in [2.05, 4.69) is 9.47 Å². The Morgan fingerprint density at radius 2 is 1.43 bits per heavy atom. The number of methoxy groups -OCH3 is 2. The Hall–Kier alpha value is -2.57. The molecule has 1 aromatic carbocycles. The van der Waals surface area contributed by atoms with Crippen molar-refractivity contribution in [2.75, 3.05) is 33.2 Å². The van der Waals surface area contributed by atoms with Gasteiger partial charge in [0.25, 0.3) is 6.10 Å². The summed E-state index contributed by atoms with van der Waals surface area (Å²) in [5.74, 6) is -2.82.